The standard InChI is InChI=1S/C26H22BrNO3/c27-25-13-12-18(15-19(25)16-29)7-5-6-14-28-26(30)31-17-24-22-10-3-1-8-20(22)21-9-2-4-11-23(21)24/h1-4,8-13,15,24,29H,6,14,16-17H2,(H,28,30). The van der Waals surface area contributed by atoms with Crippen molar-refractivity contribution in [3.05, 3.63) is 93.5 Å². The maximum absolute atomic E-state index is 12.2. The number of halogens is 1. The van der Waals surface area contributed by atoms with Crippen LogP contribution in [0.4, 0.5) is 4.79 Å². The number of hydrogen-bond acceptors (Lipinski definition) is 3. The van der Waals surface area contributed by atoms with Crippen molar-refractivity contribution >= 4 is 22.0 Å². The first-order valence-electron chi connectivity index (χ1n) is 10.1. The van der Waals surface area contributed by atoms with E-state index in [4.69, 9.17) is 4.74 Å². The first-order chi connectivity index (χ1) is 15.2. The molecule has 4 rings (SSSR count). The second-order valence-corrected chi connectivity index (χ2v) is 8.12. The van der Waals surface area contributed by atoms with Crippen LogP contribution in [0.25, 0.3) is 11.1 Å². The fourth-order valence-corrected chi connectivity index (χ4v) is 4.19. The normalized spacial score (nSPS) is 11.8. The molecule has 2 N–H and O–H groups in total. The second kappa shape index (κ2) is 9.82. The van der Waals surface area contributed by atoms with Gasteiger partial charge in [0.2, 0.25) is 0 Å². The molecule has 0 bridgehead atoms. The molecule has 1 aliphatic carbocycles. The Hall–Kier alpha value is -3.07. The molecular formula is C26H22BrNO3. The van der Waals surface area contributed by atoms with E-state index >= 15 is 0 Å². The molecule has 3 aromatic rings. The first kappa shape index (κ1) is 21.2. The summed E-state index contributed by atoms with van der Waals surface area (Å²) in [6.07, 6.45) is 0.0733. The lowest BCUT2D eigenvalue weighted by Gasteiger charge is -2.14. The number of alkyl carbamates (subject to hydrolysis) is 1. The summed E-state index contributed by atoms with van der Waals surface area (Å²) in [6, 6.07) is 22.1. The van der Waals surface area contributed by atoms with Crippen LogP contribution >= 0.6 is 15.9 Å². The molecule has 0 aliphatic heterocycles. The highest BCUT2D eigenvalue weighted by Gasteiger charge is 2.28. The summed E-state index contributed by atoms with van der Waals surface area (Å²) in [5.74, 6) is 6.13. The number of fused-ring (bicyclic) bond motifs is 3. The van der Waals surface area contributed by atoms with Gasteiger partial charge >= 0.3 is 6.09 Å². The number of aliphatic hydroxyl groups excluding tert-OH is 1. The monoisotopic (exact) mass is 475 g/mol. The van der Waals surface area contributed by atoms with Crippen molar-refractivity contribution in [1.82, 2.24) is 5.32 Å². The lowest BCUT2D eigenvalue weighted by molar-refractivity contribution is 0.143. The molecule has 3 aromatic carbocycles. The van der Waals surface area contributed by atoms with Gasteiger partial charge in [-0.15, -0.1) is 0 Å². The van der Waals surface area contributed by atoms with E-state index in [1.54, 1.807) is 0 Å². The Balaban J connectivity index is 1.28. The minimum absolute atomic E-state index is 0.0422. The Kier molecular flexibility index (Phi) is 6.71. The third kappa shape index (κ3) is 4.82. The quantitative estimate of drug-likeness (QED) is 0.392. The van der Waals surface area contributed by atoms with Crippen LogP contribution in [0.5, 0.6) is 0 Å². The van der Waals surface area contributed by atoms with Gasteiger partial charge in [0.1, 0.15) is 6.61 Å². The highest BCUT2D eigenvalue weighted by atomic mass is 79.9. The number of ether oxygens (including phenoxy) is 1. The molecule has 0 spiro atoms. The molecule has 0 heterocycles. The number of amides is 1. The smallest absolute Gasteiger partial charge is 0.407 e. The average molecular weight is 476 g/mol. The number of hydrogen-bond donors (Lipinski definition) is 2. The molecule has 156 valence electrons. The molecular weight excluding hydrogens is 454 g/mol. The van der Waals surface area contributed by atoms with Gasteiger partial charge in [0.25, 0.3) is 0 Å². The van der Waals surface area contributed by atoms with E-state index in [2.05, 4.69) is 57.4 Å². The number of aliphatic hydroxyl groups is 1. The first-order valence-corrected chi connectivity index (χ1v) is 10.9. The summed E-state index contributed by atoms with van der Waals surface area (Å²) in [4.78, 5) is 12.2. The largest absolute Gasteiger partial charge is 0.449 e. The van der Waals surface area contributed by atoms with Crippen molar-refractivity contribution < 1.29 is 14.6 Å². The van der Waals surface area contributed by atoms with E-state index in [1.807, 2.05) is 42.5 Å². The fourth-order valence-electron chi connectivity index (χ4n) is 3.81. The molecule has 0 fully saturated rings. The van der Waals surface area contributed by atoms with Gasteiger partial charge in [0, 0.05) is 28.9 Å². The minimum Gasteiger partial charge on any atom is -0.449 e. The zero-order valence-electron chi connectivity index (χ0n) is 16.9. The molecule has 31 heavy (non-hydrogen) atoms. The van der Waals surface area contributed by atoms with E-state index in [0.29, 0.717) is 19.6 Å². The highest BCUT2D eigenvalue weighted by molar-refractivity contribution is 9.10. The molecule has 5 heteroatoms. The van der Waals surface area contributed by atoms with Gasteiger partial charge in [-0.1, -0.05) is 76.3 Å². The Bertz CT molecular complexity index is 1120. The molecule has 0 saturated carbocycles. The van der Waals surface area contributed by atoms with Gasteiger partial charge in [-0.2, -0.15) is 0 Å². The van der Waals surface area contributed by atoms with Crippen molar-refractivity contribution in [2.24, 2.45) is 0 Å². The van der Waals surface area contributed by atoms with E-state index in [0.717, 1.165) is 15.6 Å². The Morgan fingerprint density at radius 3 is 2.39 bits per heavy atom. The van der Waals surface area contributed by atoms with Crippen molar-refractivity contribution in [3.63, 3.8) is 0 Å². The van der Waals surface area contributed by atoms with Crippen LogP contribution in [-0.2, 0) is 11.3 Å². The third-order valence-electron chi connectivity index (χ3n) is 5.31. The highest BCUT2D eigenvalue weighted by Crippen LogP contribution is 2.44. The van der Waals surface area contributed by atoms with Crippen molar-refractivity contribution in [2.45, 2.75) is 18.9 Å². The van der Waals surface area contributed by atoms with Crippen LogP contribution in [0, 0.1) is 11.8 Å². The zero-order chi connectivity index (χ0) is 21.6. The maximum atomic E-state index is 12.2. The van der Waals surface area contributed by atoms with Crippen molar-refractivity contribution in [2.75, 3.05) is 13.2 Å². The Labute approximate surface area is 190 Å². The SMILES string of the molecule is O=C(NCCC#Cc1ccc(Br)c(CO)c1)OCC1c2ccccc2-c2ccccc21. The van der Waals surface area contributed by atoms with Gasteiger partial charge < -0.3 is 15.2 Å². The van der Waals surface area contributed by atoms with E-state index in [9.17, 15) is 9.90 Å². The summed E-state index contributed by atoms with van der Waals surface area (Å²) in [6.45, 7) is 0.668. The summed E-state index contributed by atoms with van der Waals surface area (Å²) in [7, 11) is 0. The molecule has 0 saturated heterocycles. The molecule has 0 unspecified atom stereocenters. The van der Waals surface area contributed by atoms with Crippen LogP contribution in [0.15, 0.2) is 71.2 Å². The fraction of sp³-hybridized carbons (Fsp3) is 0.192. The summed E-state index contributed by atoms with van der Waals surface area (Å²) < 4.78 is 6.38. The van der Waals surface area contributed by atoms with Crippen LogP contribution in [0.2, 0.25) is 0 Å². The maximum Gasteiger partial charge on any atom is 0.407 e. The third-order valence-corrected chi connectivity index (χ3v) is 6.09. The van der Waals surface area contributed by atoms with Gasteiger partial charge in [0.05, 0.1) is 6.61 Å². The number of nitrogens with one attached hydrogen (secondary N) is 1. The van der Waals surface area contributed by atoms with E-state index in [1.165, 1.54) is 22.3 Å². The van der Waals surface area contributed by atoms with Crippen LogP contribution in [-0.4, -0.2) is 24.4 Å². The predicted octanol–water partition coefficient (Wildman–Crippen LogP) is 5.22. The summed E-state index contributed by atoms with van der Waals surface area (Å²) >= 11 is 3.39. The van der Waals surface area contributed by atoms with Crippen molar-refractivity contribution in [1.29, 1.82) is 0 Å². The van der Waals surface area contributed by atoms with Crippen molar-refractivity contribution in [3.8, 4) is 23.0 Å². The number of benzene rings is 3. The van der Waals surface area contributed by atoms with Gasteiger partial charge in [0.15, 0.2) is 0 Å². The van der Waals surface area contributed by atoms with Gasteiger partial charge in [-0.05, 0) is 46.0 Å². The van der Waals surface area contributed by atoms with E-state index in [-0.39, 0.29) is 12.5 Å². The van der Waals surface area contributed by atoms with Crippen LogP contribution < -0.4 is 5.32 Å². The predicted molar refractivity (Wildman–Crippen MR) is 125 cm³/mol. The Morgan fingerprint density at radius 1 is 1.03 bits per heavy atom. The summed E-state index contributed by atoms with van der Waals surface area (Å²) in [5.41, 5.74) is 6.43. The molecule has 1 aliphatic rings. The van der Waals surface area contributed by atoms with Crippen LogP contribution in [0.3, 0.4) is 0 Å². The van der Waals surface area contributed by atoms with E-state index < -0.39 is 6.09 Å². The molecule has 0 aromatic heterocycles. The number of carbonyl (C=O) groups excluding carboxylic acids is 1. The lowest BCUT2D eigenvalue weighted by Crippen LogP contribution is -2.26. The van der Waals surface area contributed by atoms with Crippen LogP contribution in [0.1, 0.15) is 34.6 Å². The van der Waals surface area contributed by atoms with Gasteiger partial charge in [-0.25, -0.2) is 4.79 Å². The van der Waals surface area contributed by atoms with Gasteiger partial charge in [-0.3, -0.25) is 0 Å². The average Bonchev–Trinajstić information content (AvgIpc) is 3.12. The number of carbonyl (C=O) groups is 1. The molecule has 0 atom stereocenters. The molecule has 0 radical (unpaired) electrons. The second-order valence-electron chi connectivity index (χ2n) is 7.27. The molecule has 1 amide bonds. The lowest BCUT2D eigenvalue weighted by atomic mass is 9.98. The summed E-state index contributed by atoms with van der Waals surface area (Å²) in [5, 5.41) is 12.1. The minimum atomic E-state index is -0.435. The topological polar surface area (TPSA) is 58.6 Å². The Morgan fingerprint density at radius 2 is 1.71 bits per heavy atom. The zero-order valence-corrected chi connectivity index (χ0v) is 18.5. The molecule has 4 nitrogen and oxygen atoms in total. The number of rotatable bonds is 5.